The molecule has 0 aromatic rings. The molecule has 3 rings (SSSR count). The van der Waals surface area contributed by atoms with Gasteiger partial charge in [-0.25, -0.2) is 0 Å². The van der Waals surface area contributed by atoms with E-state index in [-0.39, 0.29) is 24.8 Å². The van der Waals surface area contributed by atoms with E-state index < -0.39 is 90.6 Å². The van der Waals surface area contributed by atoms with E-state index in [4.69, 9.17) is 85.7 Å². The molecule has 53 heavy (non-hydrogen) atoms. The van der Waals surface area contributed by atoms with Crippen LogP contribution < -0.4 is 27.8 Å². The Morgan fingerprint density at radius 1 is 0.717 bits per heavy atom. The monoisotopic (exact) mass is 777 g/mol. The number of carbonyl (C=O) groups is 5. The van der Waals surface area contributed by atoms with Crippen LogP contribution in [0.15, 0.2) is 0 Å². The summed E-state index contributed by atoms with van der Waals surface area (Å²) >= 11 is 0. The van der Waals surface area contributed by atoms with Crippen LogP contribution in [-0.2, 0) is 42.9 Å². The molecule has 13 atom stereocenters. The Kier molecular flexibility index (Phi) is 28.1. The number of rotatable bonds is 7. The third-order valence-electron chi connectivity index (χ3n) is 7.24. The molecule has 0 unspecified atom stereocenters. The third-order valence-corrected chi connectivity index (χ3v) is 7.24. The number of carboxylic acid groups (broad SMARTS) is 5. The number of likely N-dealkylation sites (N-methyl/N-ethyl adjacent to an activating group) is 2. The molecule has 0 amide bonds. The second-order valence-electron chi connectivity index (χ2n) is 12.5. The van der Waals surface area contributed by atoms with E-state index >= 15 is 0 Å². The Morgan fingerprint density at radius 2 is 1.09 bits per heavy atom. The lowest BCUT2D eigenvalue weighted by molar-refractivity contribution is -0.307. The Hall–Kier alpha value is -3.13. The average Bonchev–Trinajstić information content (AvgIpc) is 2.97. The number of aliphatic hydroxyl groups excluding tert-OH is 2. The molecule has 314 valence electrons. The molecule has 0 radical (unpaired) electrons. The summed E-state index contributed by atoms with van der Waals surface area (Å²) in [4.78, 5) is 45.0. The van der Waals surface area contributed by atoms with Crippen LogP contribution in [0.5, 0.6) is 0 Å². The number of nitrogens with one attached hydrogen (secondary N) is 2. The topological polar surface area (TPSA) is 386 Å². The molecular formula is C31H63N5O17. The van der Waals surface area contributed by atoms with Gasteiger partial charge in [-0.2, -0.15) is 0 Å². The molecular weight excluding hydrogens is 714 g/mol. The van der Waals surface area contributed by atoms with Crippen molar-refractivity contribution in [1.82, 2.24) is 10.6 Å². The molecule has 22 heteroatoms. The summed E-state index contributed by atoms with van der Waals surface area (Å²) in [7, 11) is 3.49. The van der Waals surface area contributed by atoms with Crippen LogP contribution in [0.2, 0.25) is 0 Å². The quantitative estimate of drug-likeness (QED) is 0.123. The van der Waals surface area contributed by atoms with Crippen molar-refractivity contribution in [3.8, 4) is 0 Å². The molecule has 1 saturated carbocycles. The number of hydrogen-bond acceptors (Lipinski definition) is 17. The number of carboxylic acids is 5. The molecule has 16 N–H and O–H groups in total. The minimum atomic E-state index is -1.29. The van der Waals surface area contributed by atoms with E-state index in [9.17, 15) is 15.3 Å². The van der Waals surface area contributed by atoms with Crippen molar-refractivity contribution in [2.75, 3.05) is 20.7 Å². The Bertz CT molecular complexity index is 998. The van der Waals surface area contributed by atoms with Gasteiger partial charge in [0.05, 0.1) is 24.8 Å². The van der Waals surface area contributed by atoms with E-state index in [0.29, 0.717) is 12.8 Å². The SMILES string of the molecule is CC(=O)O.CC(=O)O.CC(=O)O.CC(=O)O.CC(=O)O.CN[C@@H]1[C@@H](O)[C@@H](O[C@@H]2[C@@H](O)[C@H](O[C@H]3O[C@H]([C@@H](C)NC)CC[C@H]3N)[C@@H](N)C[C@H]2N)OC[C@]1(C)O. The standard InChI is InChI=1S/C21H43N5O7.5C2H4O2/c1-9(25-3)13-6-5-10(22)19(31-13)32-16-11(23)7-12(24)17(14(16)27)33-20-15(28)18(26-4)21(2,29)8-30-20;5*1-2(3)4/h9-20,25-29H,5-8,22-24H2,1-4H3;5*1H3,(H,3,4)/t9-,10-,11+,12-,13+,14+,15-,16-,17+,18-,19-,20-,21+;;;;;/m1...../s1. The maximum Gasteiger partial charge on any atom is 0.300 e. The first-order chi connectivity index (χ1) is 24.2. The van der Waals surface area contributed by atoms with Crippen molar-refractivity contribution in [3.05, 3.63) is 0 Å². The minimum Gasteiger partial charge on any atom is -0.481 e. The maximum atomic E-state index is 11.1. The summed E-state index contributed by atoms with van der Waals surface area (Å²) in [6.07, 6.45) is -4.22. The van der Waals surface area contributed by atoms with E-state index in [1.54, 1.807) is 14.0 Å². The van der Waals surface area contributed by atoms with Gasteiger partial charge in [0.2, 0.25) is 0 Å². The fourth-order valence-electron chi connectivity index (χ4n) is 5.04. The van der Waals surface area contributed by atoms with Crippen LogP contribution in [0, 0.1) is 0 Å². The van der Waals surface area contributed by atoms with Gasteiger partial charge in [-0.3, -0.25) is 24.0 Å². The number of aliphatic hydroxyl groups is 3. The zero-order chi connectivity index (χ0) is 42.4. The molecule has 22 nitrogen and oxygen atoms in total. The lowest BCUT2D eigenvalue weighted by Crippen LogP contribution is -2.68. The number of hydrogen-bond donors (Lipinski definition) is 13. The first kappa shape index (κ1) is 54.2. The van der Waals surface area contributed by atoms with Crippen LogP contribution in [0.1, 0.15) is 67.7 Å². The first-order valence-corrected chi connectivity index (χ1v) is 16.4. The second kappa shape index (κ2) is 27.5. The molecule has 3 aliphatic rings. The summed E-state index contributed by atoms with van der Waals surface area (Å²) < 4.78 is 23.7. The first-order valence-electron chi connectivity index (χ1n) is 16.4. The van der Waals surface area contributed by atoms with Crippen LogP contribution in [0.3, 0.4) is 0 Å². The van der Waals surface area contributed by atoms with E-state index in [2.05, 4.69) is 10.6 Å². The molecule has 1 aliphatic carbocycles. The van der Waals surface area contributed by atoms with Gasteiger partial charge >= 0.3 is 0 Å². The van der Waals surface area contributed by atoms with Crippen LogP contribution in [0.4, 0.5) is 0 Å². The highest BCUT2D eigenvalue weighted by atomic mass is 16.7. The van der Waals surface area contributed by atoms with Gasteiger partial charge in [0, 0.05) is 52.7 Å². The van der Waals surface area contributed by atoms with Crippen molar-refractivity contribution in [2.24, 2.45) is 17.2 Å². The summed E-state index contributed by atoms with van der Waals surface area (Å²) in [5.74, 6) is -4.17. The Balaban J connectivity index is -0.00000103. The third kappa shape index (κ3) is 24.7. The highest BCUT2D eigenvalue weighted by Gasteiger charge is 2.51. The molecule has 2 aliphatic heterocycles. The lowest BCUT2D eigenvalue weighted by atomic mass is 9.84. The predicted molar refractivity (Wildman–Crippen MR) is 186 cm³/mol. The van der Waals surface area contributed by atoms with E-state index in [1.165, 1.54) is 0 Å². The number of nitrogens with two attached hydrogens (primary N) is 3. The van der Waals surface area contributed by atoms with Gasteiger partial charge in [0.15, 0.2) is 12.6 Å². The zero-order valence-electron chi connectivity index (χ0n) is 31.7. The molecule has 0 aromatic carbocycles. The Morgan fingerprint density at radius 3 is 1.45 bits per heavy atom. The van der Waals surface area contributed by atoms with Gasteiger partial charge in [-0.05, 0) is 47.2 Å². The van der Waals surface area contributed by atoms with Gasteiger partial charge in [-0.15, -0.1) is 0 Å². The summed E-state index contributed by atoms with van der Waals surface area (Å²) in [6, 6.07) is -2.11. The fraction of sp³-hybridized carbons (Fsp3) is 0.839. The minimum absolute atomic E-state index is 0.0620. The van der Waals surface area contributed by atoms with E-state index in [1.807, 2.05) is 14.0 Å². The molecule has 2 saturated heterocycles. The van der Waals surface area contributed by atoms with Crippen molar-refractivity contribution >= 4 is 29.8 Å². The maximum absolute atomic E-state index is 11.1. The smallest absolute Gasteiger partial charge is 0.300 e. The molecule has 0 spiro atoms. The van der Waals surface area contributed by atoms with Gasteiger partial charge in [-0.1, -0.05) is 0 Å². The molecule has 3 fully saturated rings. The summed E-state index contributed by atoms with van der Waals surface area (Å²) in [5.41, 5.74) is 17.5. The van der Waals surface area contributed by atoms with Crippen LogP contribution >= 0.6 is 0 Å². The van der Waals surface area contributed by atoms with E-state index in [0.717, 1.165) is 41.0 Å². The van der Waals surface area contributed by atoms with Gasteiger partial charge in [0.25, 0.3) is 29.8 Å². The normalized spacial score (nSPS) is 33.6. The average molecular weight is 778 g/mol. The van der Waals surface area contributed by atoms with Crippen molar-refractivity contribution in [1.29, 1.82) is 0 Å². The predicted octanol–water partition coefficient (Wildman–Crippen LogP) is -2.87. The summed E-state index contributed by atoms with van der Waals surface area (Å²) in [6.45, 7) is 8.94. The zero-order valence-corrected chi connectivity index (χ0v) is 31.7. The van der Waals surface area contributed by atoms with Crippen LogP contribution in [-0.4, -0.2) is 170 Å². The highest BCUT2D eigenvalue weighted by molar-refractivity contribution is 5.63. The highest BCUT2D eigenvalue weighted by Crippen LogP contribution is 2.31. The molecule has 0 bridgehead atoms. The van der Waals surface area contributed by atoms with Crippen molar-refractivity contribution < 1.29 is 83.8 Å². The van der Waals surface area contributed by atoms with Crippen molar-refractivity contribution in [2.45, 2.75) is 147 Å². The largest absolute Gasteiger partial charge is 0.481 e. The number of aliphatic carboxylic acids is 5. The fourth-order valence-corrected chi connectivity index (χ4v) is 5.04. The molecule has 0 aromatic heterocycles. The number of ether oxygens (including phenoxy) is 4. The Labute approximate surface area is 308 Å². The van der Waals surface area contributed by atoms with Gasteiger partial charge in [0.1, 0.15) is 30.0 Å². The van der Waals surface area contributed by atoms with Crippen LogP contribution in [0.25, 0.3) is 0 Å². The lowest BCUT2D eigenvalue weighted by Gasteiger charge is -2.48. The summed E-state index contributed by atoms with van der Waals surface area (Å²) in [5, 5.41) is 75.4. The van der Waals surface area contributed by atoms with Crippen molar-refractivity contribution in [3.63, 3.8) is 0 Å². The molecule has 2 heterocycles. The second-order valence-corrected chi connectivity index (χ2v) is 12.5. The van der Waals surface area contributed by atoms with Gasteiger partial charge < -0.3 is 87.6 Å².